The Kier molecular flexibility index (Phi) is 5.43. The molecule has 0 radical (unpaired) electrons. The van der Waals surface area contributed by atoms with Crippen molar-refractivity contribution in [3.8, 4) is 0 Å². The largest absolute Gasteiger partial charge is 0.0617 e. The highest BCUT2D eigenvalue weighted by Gasteiger charge is 2.17. The molecule has 0 spiro atoms. The molecule has 0 amide bonds. The van der Waals surface area contributed by atoms with Gasteiger partial charge in [0.15, 0.2) is 0 Å². The van der Waals surface area contributed by atoms with Crippen LogP contribution < -0.4 is 0 Å². The van der Waals surface area contributed by atoms with Crippen LogP contribution in [0.5, 0.6) is 0 Å². The van der Waals surface area contributed by atoms with Gasteiger partial charge in [-0.25, -0.2) is 0 Å². The van der Waals surface area contributed by atoms with Crippen molar-refractivity contribution in [3.63, 3.8) is 0 Å². The Bertz CT molecular complexity index is 634. The quantitative estimate of drug-likeness (QED) is 0.497. The predicted molar refractivity (Wildman–Crippen MR) is 105 cm³/mol. The van der Waals surface area contributed by atoms with Crippen molar-refractivity contribution < 1.29 is 0 Å². The van der Waals surface area contributed by atoms with Gasteiger partial charge in [0.05, 0.1) is 0 Å². The molecule has 2 aromatic carbocycles. The summed E-state index contributed by atoms with van der Waals surface area (Å²) >= 11 is 0. The molecule has 24 heavy (non-hydrogen) atoms. The zero-order chi connectivity index (χ0) is 17.1. The van der Waals surface area contributed by atoms with Crippen molar-refractivity contribution in [2.45, 2.75) is 78.1 Å². The first kappa shape index (κ1) is 17.3. The average molecular weight is 321 g/mol. The number of benzene rings is 2. The molecule has 4 rings (SSSR count). The van der Waals surface area contributed by atoms with Crippen LogP contribution in [-0.2, 0) is 12.8 Å². The van der Waals surface area contributed by atoms with Crippen LogP contribution in [0.25, 0.3) is 0 Å². The number of rotatable bonds is 0. The molecule has 0 bridgehead atoms. The van der Waals surface area contributed by atoms with Crippen LogP contribution in [0.1, 0.15) is 84.7 Å². The molecule has 0 heteroatoms. The van der Waals surface area contributed by atoms with Crippen LogP contribution >= 0.6 is 0 Å². The Labute approximate surface area is 148 Å². The second-order valence-corrected chi connectivity index (χ2v) is 7.87. The maximum absolute atomic E-state index is 2.34. The van der Waals surface area contributed by atoms with Crippen LogP contribution in [0, 0.1) is 13.8 Å². The minimum absolute atomic E-state index is 0.786. The highest BCUT2D eigenvalue weighted by Crippen LogP contribution is 2.33. The van der Waals surface area contributed by atoms with Crippen molar-refractivity contribution in [2.24, 2.45) is 0 Å². The molecule has 0 fully saturated rings. The summed E-state index contributed by atoms with van der Waals surface area (Å²) in [6.07, 6.45) is 8.09. The SMILES string of the molecule is Cc1cccc2c1CCC[C@@H]2C.Cc1cccc2c1CCC[C@H]2C. The topological polar surface area (TPSA) is 0 Å². The number of hydrogen-bond acceptors (Lipinski definition) is 0. The van der Waals surface area contributed by atoms with E-state index in [0.717, 1.165) is 11.8 Å². The van der Waals surface area contributed by atoms with E-state index in [1.54, 1.807) is 22.3 Å². The van der Waals surface area contributed by atoms with Gasteiger partial charge >= 0.3 is 0 Å². The standard InChI is InChI=1S/2C12H16/c2*1-9-5-3-8-12-10(2)6-4-7-11(9)12/h2*3,5,8,10H,4,6-7H2,1-2H3/t2*10-/m10/s1. The molecule has 0 unspecified atom stereocenters. The molecule has 0 aliphatic heterocycles. The molecule has 2 aliphatic rings. The average Bonchev–Trinajstić information content (AvgIpc) is 2.58. The van der Waals surface area contributed by atoms with E-state index < -0.39 is 0 Å². The van der Waals surface area contributed by atoms with Gasteiger partial charge in [-0.15, -0.1) is 0 Å². The second kappa shape index (κ2) is 7.55. The van der Waals surface area contributed by atoms with Gasteiger partial charge in [-0.2, -0.15) is 0 Å². The monoisotopic (exact) mass is 320 g/mol. The van der Waals surface area contributed by atoms with E-state index >= 15 is 0 Å². The lowest BCUT2D eigenvalue weighted by molar-refractivity contribution is 0.588. The maximum atomic E-state index is 2.34. The molecule has 0 saturated heterocycles. The lowest BCUT2D eigenvalue weighted by Crippen LogP contribution is -2.08. The summed E-state index contributed by atoms with van der Waals surface area (Å²) in [5.74, 6) is 1.57. The Morgan fingerprint density at radius 1 is 0.667 bits per heavy atom. The summed E-state index contributed by atoms with van der Waals surface area (Å²) in [5, 5.41) is 0. The third-order valence-electron chi connectivity index (χ3n) is 6.08. The molecular weight excluding hydrogens is 288 g/mol. The zero-order valence-electron chi connectivity index (χ0n) is 15.9. The fourth-order valence-corrected chi connectivity index (χ4v) is 4.54. The maximum Gasteiger partial charge on any atom is -0.0187 e. The third-order valence-corrected chi connectivity index (χ3v) is 6.08. The van der Waals surface area contributed by atoms with Gasteiger partial charge in [-0.1, -0.05) is 50.2 Å². The first-order valence-corrected chi connectivity index (χ1v) is 9.74. The molecule has 0 N–H and O–H groups in total. The van der Waals surface area contributed by atoms with Crippen LogP contribution in [0.3, 0.4) is 0 Å². The van der Waals surface area contributed by atoms with Gasteiger partial charge in [0.1, 0.15) is 0 Å². The molecule has 0 nitrogen and oxygen atoms in total. The number of aryl methyl sites for hydroxylation is 2. The van der Waals surface area contributed by atoms with Crippen molar-refractivity contribution in [3.05, 3.63) is 69.8 Å². The fourth-order valence-electron chi connectivity index (χ4n) is 4.54. The van der Waals surface area contributed by atoms with Crippen LogP contribution in [0.2, 0.25) is 0 Å². The molecular formula is C24H32. The van der Waals surface area contributed by atoms with Gasteiger partial charge in [0, 0.05) is 0 Å². The molecule has 0 aromatic heterocycles. The second-order valence-electron chi connectivity index (χ2n) is 7.87. The van der Waals surface area contributed by atoms with Gasteiger partial charge in [-0.05, 0) is 97.6 Å². The summed E-state index contributed by atoms with van der Waals surface area (Å²) in [6, 6.07) is 13.4. The Morgan fingerprint density at radius 2 is 1.08 bits per heavy atom. The van der Waals surface area contributed by atoms with Gasteiger partial charge in [0.2, 0.25) is 0 Å². The zero-order valence-corrected chi connectivity index (χ0v) is 15.9. The minimum Gasteiger partial charge on any atom is -0.0617 e. The van der Waals surface area contributed by atoms with Crippen molar-refractivity contribution >= 4 is 0 Å². The van der Waals surface area contributed by atoms with Crippen LogP contribution in [0.4, 0.5) is 0 Å². The predicted octanol–water partition coefficient (Wildman–Crippen LogP) is 6.87. The van der Waals surface area contributed by atoms with Crippen LogP contribution in [-0.4, -0.2) is 0 Å². The fraction of sp³-hybridized carbons (Fsp3) is 0.500. The van der Waals surface area contributed by atoms with E-state index in [9.17, 15) is 0 Å². The van der Waals surface area contributed by atoms with E-state index in [2.05, 4.69) is 64.1 Å². The minimum atomic E-state index is 0.786. The normalized spacial score (nSPS) is 22.0. The van der Waals surface area contributed by atoms with Crippen LogP contribution in [0.15, 0.2) is 36.4 Å². The number of hydrogen-bond donors (Lipinski definition) is 0. The van der Waals surface area contributed by atoms with E-state index in [1.807, 2.05) is 0 Å². The summed E-state index contributed by atoms with van der Waals surface area (Å²) in [5.41, 5.74) is 9.41. The Balaban J connectivity index is 0.000000141. The summed E-state index contributed by atoms with van der Waals surface area (Å²) in [6.45, 7) is 9.16. The first-order valence-electron chi connectivity index (χ1n) is 9.74. The lowest BCUT2D eigenvalue weighted by Gasteiger charge is -2.23. The summed E-state index contributed by atoms with van der Waals surface area (Å²) in [4.78, 5) is 0. The molecule has 0 saturated carbocycles. The van der Waals surface area contributed by atoms with Crippen molar-refractivity contribution in [1.29, 1.82) is 0 Å². The Hall–Kier alpha value is -1.56. The highest BCUT2D eigenvalue weighted by atomic mass is 14.2. The summed E-state index contributed by atoms with van der Waals surface area (Å²) < 4.78 is 0. The van der Waals surface area contributed by atoms with Gasteiger partial charge in [-0.3, -0.25) is 0 Å². The molecule has 0 heterocycles. The molecule has 128 valence electrons. The van der Waals surface area contributed by atoms with E-state index in [1.165, 1.54) is 49.7 Å². The molecule has 2 aromatic rings. The van der Waals surface area contributed by atoms with Crippen molar-refractivity contribution in [2.75, 3.05) is 0 Å². The van der Waals surface area contributed by atoms with Gasteiger partial charge < -0.3 is 0 Å². The van der Waals surface area contributed by atoms with E-state index in [-0.39, 0.29) is 0 Å². The Morgan fingerprint density at radius 3 is 1.46 bits per heavy atom. The van der Waals surface area contributed by atoms with E-state index in [4.69, 9.17) is 0 Å². The molecule has 2 aliphatic carbocycles. The summed E-state index contributed by atoms with van der Waals surface area (Å²) in [7, 11) is 0. The number of fused-ring (bicyclic) bond motifs is 2. The van der Waals surface area contributed by atoms with Crippen molar-refractivity contribution in [1.82, 2.24) is 0 Å². The smallest absolute Gasteiger partial charge is 0.0187 e. The van der Waals surface area contributed by atoms with E-state index in [0.29, 0.717) is 0 Å². The highest BCUT2D eigenvalue weighted by molar-refractivity contribution is 5.39. The van der Waals surface area contributed by atoms with Gasteiger partial charge in [0.25, 0.3) is 0 Å². The lowest BCUT2D eigenvalue weighted by atomic mass is 9.82. The molecule has 2 atom stereocenters. The first-order chi connectivity index (χ1) is 11.6. The third kappa shape index (κ3) is 3.58.